The van der Waals surface area contributed by atoms with Gasteiger partial charge in [-0.25, -0.2) is 4.98 Å². The Morgan fingerprint density at radius 1 is 1.53 bits per heavy atom. The number of fused-ring (bicyclic) bond motifs is 1. The summed E-state index contributed by atoms with van der Waals surface area (Å²) in [6, 6.07) is 5.50. The van der Waals surface area contributed by atoms with E-state index in [1.807, 2.05) is 25.1 Å². The van der Waals surface area contributed by atoms with Crippen LogP contribution >= 0.6 is 0 Å². The maximum Gasteiger partial charge on any atom is 0.239 e. The maximum absolute atomic E-state index is 11.6. The zero-order valence-electron chi connectivity index (χ0n) is 11.0. The van der Waals surface area contributed by atoms with Gasteiger partial charge in [0.1, 0.15) is 11.3 Å². The second-order valence-electron chi connectivity index (χ2n) is 4.18. The van der Waals surface area contributed by atoms with Gasteiger partial charge in [0.05, 0.1) is 6.54 Å². The SMILES string of the molecule is CCNC(=O)CN(C)c1nc2ccccn2c1C=O. The summed E-state index contributed by atoms with van der Waals surface area (Å²) >= 11 is 0. The Labute approximate surface area is 111 Å². The number of likely N-dealkylation sites (N-methyl/N-ethyl adjacent to an activating group) is 2. The molecule has 1 N–H and O–H groups in total. The third-order valence-corrected chi connectivity index (χ3v) is 2.78. The number of rotatable bonds is 5. The van der Waals surface area contributed by atoms with Gasteiger partial charge in [-0.15, -0.1) is 0 Å². The van der Waals surface area contributed by atoms with Crippen molar-refractivity contribution in [3.8, 4) is 0 Å². The number of nitrogens with zero attached hydrogens (tertiary/aromatic N) is 3. The molecule has 0 aliphatic rings. The molecule has 0 spiro atoms. The van der Waals surface area contributed by atoms with Crippen molar-refractivity contribution < 1.29 is 9.59 Å². The molecule has 6 nitrogen and oxygen atoms in total. The Bertz CT molecular complexity index is 606. The standard InChI is InChI=1S/C13H16N4O2/c1-3-14-12(19)8-16(2)13-10(9-18)17-7-5-4-6-11(17)15-13/h4-7,9H,3,8H2,1-2H3,(H,14,19). The van der Waals surface area contributed by atoms with Gasteiger partial charge >= 0.3 is 0 Å². The molecule has 0 saturated carbocycles. The van der Waals surface area contributed by atoms with E-state index in [1.54, 1.807) is 22.5 Å². The van der Waals surface area contributed by atoms with Crippen LogP contribution in [0, 0.1) is 0 Å². The molecule has 0 aliphatic carbocycles. The highest BCUT2D eigenvalue weighted by atomic mass is 16.2. The number of hydrogen-bond acceptors (Lipinski definition) is 4. The van der Waals surface area contributed by atoms with E-state index in [0.29, 0.717) is 23.7 Å². The fraction of sp³-hybridized carbons (Fsp3) is 0.308. The molecule has 0 atom stereocenters. The van der Waals surface area contributed by atoms with Crippen molar-refractivity contribution >= 4 is 23.7 Å². The number of nitrogens with one attached hydrogen (secondary N) is 1. The van der Waals surface area contributed by atoms with Crippen LogP contribution in [0.5, 0.6) is 0 Å². The number of pyridine rings is 1. The molecule has 0 radical (unpaired) electrons. The summed E-state index contributed by atoms with van der Waals surface area (Å²) < 4.78 is 1.70. The monoisotopic (exact) mass is 260 g/mol. The van der Waals surface area contributed by atoms with Gasteiger partial charge < -0.3 is 10.2 Å². The molecule has 100 valence electrons. The molecular formula is C13H16N4O2. The van der Waals surface area contributed by atoms with Gasteiger partial charge in [-0.1, -0.05) is 6.07 Å². The first-order valence-corrected chi connectivity index (χ1v) is 6.07. The quantitative estimate of drug-likeness (QED) is 0.804. The number of hydrogen-bond donors (Lipinski definition) is 1. The van der Waals surface area contributed by atoms with E-state index >= 15 is 0 Å². The van der Waals surface area contributed by atoms with Crippen molar-refractivity contribution in [3.05, 3.63) is 30.1 Å². The van der Waals surface area contributed by atoms with Gasteiger partial charge in [0.2, 0.25) is 5.91 Å². The number of amides is 1. The molecule has 0 aliphatic heterocycles. The van der Waals surface area contributed by atoms with Gasteiger partial charge in [0, 0.05) is 19.8 Å². The third-order valence-electron chi connectivity index (χ3n) is 2.78. The van der Waals surface area contributed by atoms with Crippen LogP contribution in [0.1, 0.15) is 17.4 Å². The summed E-state index contributed by atoms with van der Waals surface area (Å²) in [5, 5.41) is 2.71. The minimum absolute atomic E-state index is 0.0982. The summed E-state index contributed by atoms with van der Waals surface area (Å²) in [5.74, 6) is 0.409. The van der Waals surface area contributed by atoms with Crippen molar-refractivity contribution in [1.29, 1.82) is 0 Å². The Kier molecular flexibility index (Phi) is 3.79. The fourth-order valence-corrected chi connectivity index (χ4v) is 1.94. The molecule has 19 heavy (non-hydrogen) atoms. The lowest BCUT2D eigenvalue weighted by Gasteiger charge is -2.16. The maximum atomic E-state index is 11.6. The lowest BCUT2D eigenvalue weighted by atomic mass is 10.4. The van der Waals surface area contributed by atoms with Crippen molar-refractivity contribution in [3.63, 3.8) is 0 Å². The molecule has 2 aromatic rings. The van der Waals surface area contributed by atoms with E-state index in [0.717, 1.165) is 6.29 Å². The molecule has 0 unspecified atom stereocenters. The Balaban J connectivity index is 2.33. The van der Waals surface area contributed by atoms with Gasteiger partial charge in [0.25, 0.3) is 0 Å². The lowest BCUT2D eigenvalue weighted by Crippen LogP contribution is -2.35. The smallest absolute Gasteiger partial charge is 0.239 e. The minimum Gasteiger partial charge on any atom is -0.355 e. The number of aldehydes is 1. The van der Waals surface area contributed by atoms with Gasteiger partial charge in [-0.3, -0.25) is 14.0 Å². The molecule has 2 rings (SSSR count). The molecule has 1 amide bonds. The highest BCUT2D eigenvalue weighted by molar-refractivity contribution is 5.86. The van der Waals surface area contributed by atoms with E-state index in [9.17, 15) is 9.59 Å². The minimum atomic E-state index is -0.0982. The first-order valence-electron chi connectivity index (χ1n) is 6.07. The van der Waals surface area contributed by atoms with E-state index in [-0.39, 0.29) is 12.5 Å². The van der Waals surface area contributed by atoms with Crippen LogP contribution in [0.25, 0.3) is 5.65 Å². The lowest BCUT2D eigenvalue weighted by molar-refractivity contribution is -0.119. The number of anilines is 1. The van der Waals surface area contributed by atoms with Crippen LogP contribution in [0.2, 0.25) is 0 Å². The number of aromatic nitrogens is 2. The highest BCUT2D eigenvalue weighted by Crippen LogP contribution is 2.18. The summed E-state index contributed by atoms with van der Waals surface area (Å²) in [7, 11) is 1.74. The average molecular weight is 260 g/mol. The summed E-state index contributed by atoms with van der Waals surface area (Å²) in [5.41, 5.74) is 1.13. The van der Waals surface area contributed by atoms with Crippen molar-refractivity contribution in [1.82, 2.24) is 14.7 Å². The van der Waals surface area contributed by atoms with E-state index in [4.69, 9.17) is 0 Å². The Hall–Kier alpha value is -2.37. The van der Waals surface area contributed by atoms with Crippen LogP contribution < -0.4 is 10.2 Å². The van der Waals surface area contributed by atoms with Crippen LogP contribution in [0.15, 0.2) is 24.4 Å². The predicted molar refractivity (Wildman–Crippen MR) is 72.5 cm³/mol. The molecule has 6 heteroatoms. The fourth-order valence-electron chi connectivity index (χ4n) is 1.94. The molecule has 2 aromatic heterocycles. The van der Waals surface area contributed by atoms with E-state index in [1.165, 1.54) is 0 Å². The van der Waals surface area contributed by atoms with Crippen molar-refractivity contribution in [2.45, 2.75) is 6.92 Å². The number of imidazole rings is 1. The molecule has 0 bridgehead atoms. The highest BCUT2D eigenvalue weighted by Gasteiger charge is 2.16. The molecule has 2 heterocycles. The average Bonchev–Trinajstić information content (AvgIpc) is 2.77. The van der Waals surface area contributed by atoms with Crippen LogP contribution in [0.3, 0.4) is 0 Å². The van der Waals surface area contributed by atoms with Crippen LogP contribution in [-0.4, -0.2) is 41.7 Å². The second kappa shape index (κ2) is 5.51. The first-order chi connectivity index (χ1) is 9.17. The predicted octanol–water partition coefficient (Wildman–Crippen LogP) is 0.719. The Morgan fingerprint density at radius 3 is 3.00 bits per heavy atom. The molecular weight excluding hydrogens is 244 g/mol. The first kappa shape index (κ1) is 13.1. The van der Waals surface area contributed by atoms with E-state index in [2.05, 4.69) is 10.3 Å². The number of carbonyl (C=O) groups excluding carboxylic acids is 2. The van der Waals surface area contributed by atoms with E-state index < -0.39 is 0 Å². The van der Waals surface area contributed by atoms with Crippen LogP contribution in [-0.2, 0) is 4.79 Å². The topological polar surface area (TPSA) is 66.7 Å². The Morgan fingerprint density at radius 2 is 2.32 bits per heavy atom. The van der Waals surface area contributed by atoms with Gasteiger partial charge in [-0.05, 0) is 19.1 Å². The summed E-state index contributed by atoms with van der Waals surface area (Å²) in [4.78, 5) is 28.8. The summed E-state index contributed by atoms with van der Waals surface area (Å²) in [6.45, 7) is 2.61. The van der Waals surface area contributed by atoms with Crippen molar-refractivity contribution in [2.24, 2.45) is 0 Å². The molecule has 0 fully saturated rings. The molecule has 0 saturated heterocycles. The molecule has 0 aromatic carbocycles. The summed E-state index contributed by atoms with van der Waals surface area (Å²) in [6.07, 6.45) is 2.53. The number of carbonyl (C=O) groups is 2. The zero-order chi connectivity index (χ0) is 13.8. The largest absolute Gasteiger partial charge is 0.355 e. The second-order valence-corrected chi connectivity index (χ2v) is 4.18. The van der Waals surface area contributed by atoms with Gasteiger partial charge in [0.15, 0.2) is 12.1 Å². The van der Waals surface area contributed by atoms with Gasteiger partial charge in [-0.2, -0.15) is 0 Å². The third kappa shape index (κ3) is 2.57. The zero-order valence-corrected chi connectivity index (χ0v) is 11.0. The van der Waals surface area contributed by atoms with Crippen molar-refractivity contribution in [2.75, 3.05) is 25.0 Å². The van der Waals surface area contributed by atoms with Crippen LogP contribution in [0.4, 0.5) is 5.82 Å². The normalized spacial score (nSPS) is 10.4.